The van der Waals surface area contributed by atoms with Gasteiger partial charge < -0.3 is 4.42 Å². The van der Waals surface area contributed by atoms with Crippen LogP contribution in [0.25, 0.3) is 0 Å². The lowest BCUT2D eigenvalue weighted by Gasteiger charge is -2.11. The van der Waals surface area contributed by atoms with E-state index in [2.05, 4.69) is 11.1 Å². The van der Waals surface area contributed by atoms with Crippen LogP contribution >= 0.6 is 0 Å². The number of rotatable bonds is 4. The minimum atomic E-state index is -1.03. The number of nitrogens with zero attached hydrogens (tertiary/aromatic N) is 1. The third-order valence-corrected chi connectivity index (χ3v) is 4.84. The van der Waals surface area contributed by atoms with Crippen molar-refractivity contribution in [3.63, 3.8) is 0 Å². The van der Waals surface area contributed by atoms with Gasteiger partial charge in [-0.3, -0.25) is 4.21 Å². The Labute approximate surface area is 116 Å². The van der Waals surface area contributed by atoms with Crippen molar-refractivity contribution in [1.29, 1.82) is 0 Å². The van der Waals surface area contributed by atoms with Crippen molar-refractivity contribution in [2.75, 3.05) is 0 Å². The number of hydrogen-bond donors (Lipinski definition) is 0. The van der Waals surface area contributed by atoms with Crippen LogP contribution in [0.1, 0.15) is 40.6 Å². The van der Waals surface area contributed by atoms with Crippen molar-refractivity contribution < 1.29 is 8.63 Å². The van der Waals surface area contributed by atoms with Gasteiger partial charge >= 0.3 is 0 Å². The summed E-state index contributed by atoms with van der Waals surface area (Å²) in [4.78, 5) is 4.28. The first-order chi connectivity index (χ1) is 8.97. The monoisotopic (exact) mass is 277 g/mol. The fourth-order valence-electron chi connectivity index (χ4n) is 1.92. The SMILES string of the molecule is Cc1cccc([C@@H](C)[S@](=O)Cc2nc(C)c(C)o2)c1. The van der Waals surface area contributed by atoms with E-state index in [4.69, 9.17) is 4.42 Å². The molecule has 0 saturated heterocycles. The second kappa shape index (κ2) is 5.70. The average Bonchev–Trinajstić information content (AvgIpc) is 2.67. The van der Waals surface area contributed by atoms with Crippen LogP contribution in [0, 0.1) is 20.8 Å². The third-order valence-electron chi connectivity index (χ3n) is 3.24. The Bertz CT molecular complexity index is 584. The highest BCUT2D eigenvalue weighted by Crippen LogP contribution is 2.23. The molecule has 0 N–H and O–H groups in total. The maximum absolute atomic E-state index is 12.4. The molecule has 0 aliphatic heterocycles. The normalized spacial score (nSPS) is 14.3. The standard InChI is InChI=1S/C15H19NO2S/c1-10-6-5-7-14(8-10)13(4)19(17)9-15-16-11(2)12(3)18-15/h5-8,13H,9H2,1-4H3/t13-,19-/m1/s1. The molecule has 0 aliphatic carbocycles. The maximum atomic E-state index is 12.4. The van der Waals surface area contributed by atoms with Crippen molar-refractivity contribution >= 4 is 10.8 Å². The van der Waals surface area contributed by atoms with E-state index >= 15 is 0 Å². The molecule has 0 radical (unpaired) electrons. The Morgan fingerprint density at radius 3 is 2.63 bits per heavy atom. The summed E-state index contributed by atoms with van der Waals surface area (Å²) in [5.41, 5.74) is 3.15. The summed E-state index contributed by atoms with van der Waals surface area (Å²) in [7, 11) is -1.03. The molecule has 2 atom stereocenters. The van der Waals surface area contributed by atoms with Crippen LogP contribution in [0.2, 0.25) is 0 Å². The van der Waals surface area contributed by atoms with E-state index in [0.29, 0.717) is 11.6 Å². The predicted molar refractivity (Wildman–Crippen MR) is 77.4 cm³/mol. The van der Waals surface area contributed by atoms with Gasteiger partial charge in [0, 0.05) is 10.8 Å². The van der Waals surface area contributed by atoms with Crippen molar-refractivity contribution in [3.05, 3.63) is 52.7 Å². The molecule has 3 nitrogen and oxygen atoms in total. The van der Waals surface area contributed by atoms with Crippen LogP contribution < -0.4 is 0 Å². The molecule has 102 valence electrons. The van der Waals surface area contributed by atoms with Gasteiger partial charge in [0.2, 0.25) is 5.89 Å². The second-order valence-corrected chi connectivity index (χ2v) is 6.59. The van der Waals surface area contributed by atoms with Crippen molar-refractivity contribution in [2.24, 2.45) is 0 Å². The Kier molecular flexibility index (Phi) is 4.20. The summed E-state index contributed by atoms with van der Waals surface area (Å²) in [6, 6.07) is 8.13. The van der Waals surface area contributed by atoms with E-state index in [1.54, 1.807) is 0 Å². The van der Waals surface area contributed by atoms with Crippen LogP contribution in [-0.2, 0) is 16.6 Å². The molecular weight excluding hydrogens is 258 g/mol. The van der Waals surface area contributed by atoms with E-state index in [9.17, 15) is 4.21 Å². The highest BCUT2D eigenvalue weighted by atomic mass is 32.2. The Morgan fingerprint density at radius 2 is 2.05 bits per heavy atom. The molecule has 19 heavy (non-hydrogen) atoms. The highest BCUT2D eigenvalue weighted by Gasteiger charge is 2.17. The molecule has 2 aromatic rings. The number of hydrogen-bond acceptors (Lipinski definition) is 3. The summed E-state index contributed by atoms with van der Waals surface area (Å²) in [5, 5.41) is -0.0209. The zero-order valence-corrected chi connectivity index (χ0v) is 12.6. The lowest BCUT2D eigenvalue weighted by Crippen LogP contribution is -2.06. The number of benzene rings is 1. The zero-order chi connectivity index (χ0) is 14.0. The maximum Gasteiger partial charge on any atom is 0.207 e. The average molecular weight is 277 g/mol. The van der Waals surface area contributed by atoms with Gasteiger partial charge in [-0.15, -0.1) is 0 Å². The Hall–Kier alpha value is -1.42. The van der Waals surface area contributed by atoms with Gasteiger partial charge in [-0.05, 0) is 33.3 Å². The zero-order valence-electron chi connectivity index (χ0n) is 11.8. The highest BCUT2D eigenvalue weighted by molar-refractivity contribution is 7.84. The summed E-state index contributed by atoms with van der Waals surface area (Å²) >= 11 is 0. The van der Waals surface area contributed by atoms with E-state index in [0.717, 1.165) is 17.0 Å². The Morgan fingerprint density at radius 1 is 1.32 bits per heavy atom. The lowest BCUT2D eigenvalue weighted by atomic mass is 10.1. The molecule has 0 bridgehead atoms. The van der Waals surface area contributed by atoms with Crippen LogP contribution in [0.4, 0.5) is 0 Å². The van der Waals surface area contributed by atoms with Crippen molar-refractivity contribution in [2.45, 2.75) is 38.7 Å². The summed E-state index contributed by atoms with van der Waals surface area (Å²) in [6.07, 6.45) is 0. The Balaban J connectivity index is 2.11. The van der Waals surface area contributed by atoms with Gasteiger partial charge in [-0.2, -0.15) is 0 Å². The molecule has 0 aliphatic rings. The molecule has 0 spiro atoms. The predicted octanol–water partition coefficient (Wildman–Crippen LogP) is 3.61. The molecule has 0 saturated carbocycles. The van der Waals surface area contributed by atoms with E-state index < -0.39 is 10.8 Å². The molecule has 2 rings (SSSR count). The molecular formula is C15H19NO2S. The molecule has 1 heterocycles. The fourth-order valence-corrected chi connectivity index (χ4v) is 2.99. The molecule has 4 heteroatoms. The van der Waals surface area contributed by atoms with E-state index in [-0.39, 0.29) is 5.25 Å². The van der Waals surface area contributed by atoms with Crippen LogP contribution in [0.3, 0.4) is 0 Å². The van der Waals surface area contributed by atoms with Gasteiger partial charge in [0.25, 0.3) is 0 Å². The fraction of sp³-hybridized carbons (Fsp3) is 0.400. The van der Waals surface area contributed by atoms with Gasteiger partial charge in [0.05, 0.1) is 10.9 Å². The molecule has 0 unspecified atom stereocenters. The number of aryl methyl sites for hydroxylation is 3. The third kappa shape index (κ3) is 3.32. The molecule has 0 amide bonds. The first-order valence-corrected chi connectivity index (χ1v) is 7.72. The number of aromatic nitrogens is 1. The first-order valence-electron chi connectivity index (χ1n) is 6.34. The van der Waals surface area contributed by atoms with Gasteiger partial charge in [0.15, 0.2) is 0 Å². The van der Waals surface area contributed by atoms with E-state index in [1.807, 2.05) is 45.9 Å². The summed E-state index contributed by atoms with van der Waals surface area (Å²) < 4.78 is 17.8. The van der Waals surface area contributed by atoms with Crippen LogP contribution in [0.5, 0.6) is 0 Å². The molecule has 1 aromatic heterocycles. The van der Waals surface area contributed by atoms with Gasteiger partial charge in [-0.25, -0.2) is 4.98 Å². The number of oxazole rings is 1. The van der Waals surface area contributed by atoms with Crippen LogP contribution in [0.15, 0.2) is 28.7 Å². The smallest absolute Gasteiger partial charge is 0.207 e. The topological polar surface area (TPSA) is 43.1 Å². The van der Waals surface area contributed by atoms with Crippen LogP contribution in [-0.4, -0.2) is 9.19 Å². The lowest BCUT2D eigenvalue weighted by molar-refractivity contribution is 0.487. The van der Waals surface area contributed by atoms with Crippen molar-refractivity contribution in [1.82, 2.24) is 4.98 Å². The second-order valence-electron chi connectivity index (χ2n) is 4.83. The largest absolute Gasteiger partial charge is 0.445 e. The first kappa shape index (κ1) is 14.0. The van der Waals surface area contributed by atoms with Crippen molar-refractivity contribution in [3.8, 4) is 0 Å². The van der Waals surface area contributed by atoms with E-state index in [1.165, 1.54) is 5.56 Å². The van der Waals surface area contributed by atoms with Gasteiger partial charge in [0.1, 0.15) is 11.5 Å². The molecule has 0 fully saturated rings. The minimum Gasteiger partial charge on any atom is -0.445 e. The van der Waals surface area contributed by atoms with Gasteiger partial charge in [-0.1, -0.05) is 29.8 Å². The summed E-state index contributed by atoms with van der Waals surface area (Å²) in [5.74, 6) is 1.73. The molecule has 1 aromatic carbocycles. The quantitative estimate of drug-likeness (QED) is 0.857. The summed E-state index contributed by atoms with van der Waals surface area (Å²) in [6.45, 7) is 7.79. The minimum absolute atomic E-state index is 0.0209.